The number of fused-ring (bicyclic) bond motifs is 1. The fourth-order valence-electron chi connectivity index (χ4n) is 4.03. The zero-order valence-electron chi connectivity index (χ0n) is 13.1. The summed E-state index contributed by atoms with van der Waals surface area (Å²) in [7, 11) is 1.99. The van der Waals surface area contributed by atoms with E-state index in [1.54, 1.807) is 6.20 Å². The number of likely N-dealkylation sites (tertiary alicyclic amines) is 1. The third-order valence-corrected chi connectivity index (χ3v) is 5.20. The molecule has 116 valence electrons. The number of carbonyl (C=O) groups is 1. The molecule has 2 aliphatic rings. The highest BCUT2D eigenvalue weighted by Gasteiger charge is 2.42. The van der Waals surface area contributed by atoms with Gasteiger partial charge < -0.3 is 14.8 Å². The molecule has 1 saturated heterocycles. The van der Waals surface area contributed by atoms with Gasteiger partial charge in [-0.25, -0.2) is 9.78 Å². The summed E-state index contributed by atoms with van der Waals surface area (Å²) < 4.78 is 2.00. The number of hydrogen-bond donors (Lipinski definition) is 1. The topological polar surface area (TPSA) is 50.2 Å². The first kappa shape index (κ1) is 14.4. The van der Waals surface area contributed by atoms with Crippen molar-refractivity contribution in [3.8, 4) is 0 Å². The fourth-order valence-corrected chi connectivity index (χ4v) is 4.03. The first-order valence-corrected chi connectivity index (χ1v) is 8.17. The minimum atomic E-state index is 0.116. The Labute approximate surface area is 126 Å². The van der Waals surface area contributed by atoms with Crippen molar-refractivity contribution in [3.63, 3.8) is 0 Å². The van der Waals surface area contributed by atoms with Crippen molar-refractivity contribution in [2.75, 3.05) is 13.1 Å². The van der Waals surface area contributed by atoms with Crippen molar-refractivity contribution in [2.45, 2.75) is 45.1 Å². The summed E-state index contributed by atoms with van der Waals surface area (Å²) in [6.45, 7) is 3.87. The molecule has 3 rings (SSSR count). The molecule has 1 aliphatic carbocycles. The van der Waals surface area contributed by atoms with Crippen LogP contribution in [0.25, 0.3) is 0 Å². The van der Waals surface area contributed by atoms with Crippen LogP contribution in [0.5, 0.6) is 0 Å². The van der Waals surface area contributed by atoms with Crippen molar-refractivity contribution in [2.24, 2.45) is 18.9 Å². The molecule has 2 fully saturated rings. The van der Waals surface area contributed by atoms with E-state index in [4.69, 9.17) is 0 Å². The molecule has 1 N–H and O–H groups in total. The van der Waals surface area contributed by atoms with Crippen LogP contribution in [0.3, 0.4) is 0 Å². The van der Waals surface area contributed by atoms with E-state index in [9.17, 15) is 4.79 Å². The second-order valence-electron chi connectivity index (χ2n) is 6.58. The van der Waals surface area contributed by atoms with Crippen molar-refractivity contribution in [1.82, 2.24) is 19.8 Å². The molecular weight excluding hydrogens is 264 g/mol. The molecule has 0 bridgehead atoms. The predicted octanol–water partition coefficient (Wildman–Crippen LogP) is 2.18. The molecule has 21 heavy (non-hydrogen) atoms. The number of hydrogen-bond acceptors (Lipinski definition) is 2. The fraction of sp³-hybridized carbons (Fsp3) is 0.750. The van der Waals surface area contributed by atoms with E-state index in [2.05, 4.69) is 22.1 Å². The Kier molecular flexibility index (Phi) is 4.17. The van der Waals surface area contributed by atoms with Crippen molar-refractivity contribution in [1.29, 1.82) is 0 Å². The number of nitrogens with zero attached hydrogens (tertiary/aromatic N) is 3. The van der Waals surface area contributed by atoms with Crippen LogP contribution in [0.1, 0.15) is 38.4 Å². The number of urea groups is 1. The first-order valence-electron chi connectivity index (χ1n) is 8.17. The molecule has 0 spiro atoms. The molecule has 3 atom stereocenters. The summed E-state index contributed by atoms with van der Waals surface area (Å²) in [5.41, 5.74) is 0. The van der Waals surface area contributed by atoms with Crippen LogP contribution in [-0.2, 0) is 13.5 Å². The lowest BCUT2D eigenvalue weighted by molar-refractivity contribution is 0.169. The van der Waals surface area contributed by atoms with E-state index < -0.39 is 0 Å². The second kappa shape index (κ2) is 6.08. The summed E-state index contributed by atoms with van der Waals surface area (Å²) in [6.07, 6.45) is 9.60. The van der Waals surface area contributed by atoms with Crippen LogP contribution in [0.4, 0.5) is 4.79 Å². The number of nitrogens with one attached hydrogen (secondary N) is 1. The number of aryl methyl sites for hydroxylation is 1. The molecule has 1 aromatic rings. The lowest BCUT2D eigenvalue weighted by atomic mass is 9.80. The van der Waals surface area contributed by atoms with Crippen LogP contribution in [0.15, 0.2) is 12.4 Å². The van der Waals surface area contributed by atoms with Crippen molar-refractivity contribution in [3.05, 3.63) is 18.2 Å². The van der Waals surface area contributed by atoms with Gasteiger partial charge in [0.2, 0.25) is 0 Å². The zero-order valence-corrected chi connectivity index (χ0v) is 13.1. The monoisotopic (exact) mass is 290 g/mol. The van der Waals surface area contributed by atoms with Gasteiger partial charge in [0.25, 0.3) is 0 Å². The summed E-state index contributed by atoms with van der Waals surface area (Å²) in [5.74, 6) is 2.38. The van der Waals surface area contributed by atoms with E-state index >= 15 is 0 Å². The number of carbonyl (C=O) groups excluding carboxylic acids is 1. The van der Waals surface area contributed by atoms with Gasteiger partial charge in [0.05, 0.1) is 0 Å². The largest absolute Gasteiger partial charge is 0.338 e. The minimum Gasteiger partial charge on any atom is -0.338 e. The van der Waals surface area contributed by atoms with Gasteiger partial charge in [-0.05, 0) is 24.7 Å². The van der Waals surface area contributed by atoms with Gasteiger partial charge in [0.1, 0.15) is 5.82 Å². The van der Waals surface area contributed by atoms with E-state index in [0.717, 1.165) is 24.7 Å². The van der Waals surface area contributed by atoms with Gasteiger partial charge in [-0.1, -0.05) is 19.8 Å². The van der Waals surface area contributed by atoms with E-state index in [-0.39, 0.29) is 6.03 Å². The normalized spacial score (nSPS) is 28.5. The van der Waals surface area contributed by atoms with Gasteiger partial charge >= 0.3 is 6.03 Å². The molecule has 2 heterocycles. The Balaban J connectivity index is 1.52. The molecule has 3 unspecified atom stereocenters. The van der Waals surface area contributed by atoms with E-state index in [1.807, 2.05) is 17.8 Å². The maximum absolute atomic E-state index is 12.4. The standard InChI is InChI=1S/C16H26N4O/c1-12-11-20(14-6-4-3-5-13(12)14)16(21)18-8-7-15-17-9-10-19(15)2/h9-10,12-14H,3-8,11H2,1-2H3,(H,18,21). The Morgan fingerprint density at radius 2 is 2.24 bits per heavy atom. The average molecular weight is 290 g/mol. The Bertz CT molecular complexity index is 498. The summed E-state index contributed by atoms with van der Waals surface area (Å²) in [4.78, 5) is 18.8. The van der Waals surface area contributed by atoms with Gasteiger partial charge in [-0.15, -0.1) is 0 Å². The molecule has 1 saturated carbocycles. The maximum atomic E-state index is 12.4. The highest BCUT2D eigenvalue weighted by Crippen LogP contribution is 2.39. The summed E-state index contributed by atoms with van der Waals surface area (Å²) >= 11 is 0. The lowest BCUT2D eigenvalue weighted by Crippen LogP contribution is -2.45. The molecule has 0 radical (unpaired) electrons. The maximum Gasteiger partial charge on any atom is 0.317 e. The molecule has 5 heteroatoms. The van der Waals surface area contributed by atoms with E-state index in [0.29, 0.717) is 18.5 Å². The SMILES string of the molecule is CC1CN(C(=O)NCCc2nccn2C)C2CCCCC12. The minimum absolute atomic E-state index is 0.116. The van der Waals surface area contributed by atoms with Crippen molar-refractivity contribution >= 4 is 6.03 Å². The van der Waals surface area contributed by atoms with Crippen LogP contribution < -0.4 is 5.32 Å². The third kappa shape index (κ3) is 2.92. The molecule has 1 aliphatic heterocycles. The molecular formula is C16H26N4O. The van der Waals surface area contributed by atoms with Gasteiger partial charge in [0, 0.05) is 45.0 Å². The lowest BCUT2D eigenvalue weighted by Gasteiger charge is -2.32. The molecule has 0 aromatic carbocycles. The van der Waals surface area contributed by atoms with Gasteiger partial charge in [-0.2, -0.15) is 0 Å². The van der Waals surface area contributed by atoms with Crippen LogP contribution in [0.2, 0.25) is 0 Å². The number of rotatable bonds is 3. The summed E-state index contributed by atoms with van der Waals surface area (Å²) in [6, 6.07) is 0.590. The molecule has 1 aromatic heterocycles. The van der Waals surface area contributed by atoms with Crippen molar-refractivity contribution < 1.29 is 4.79 Å². The smallest absolute Gasteiger partial charge is 0.317 e. The van der Waals surface area contributed by atoms with Crippen LogP contribution in [0, 0.1) is 11.8 Å². The average Bonchev–Trinajstić information content (AvgIpc) is 3.04. The van der Waals surface area contributed by atoms with E-state index in [1.165, 1.54) is 25.7 Å². The zero-order chi connectivity index (χ0) is 14.8. The Hall–Kier alpha value is -1.52. The van der Waals surface area contributed by atoms with Crippen LogP contribution in [-0.4, -0.2) is 39.6 Å². The van der Waals surface area contributed by atoms with Crippen LogP contribution >= 0.6 is 0 Å². The Morgan fingerprint density at radius 1 is 1.43 bits per heavy atom. The number of imidazole rings is 1. The number of aromatic nitrogens is 2. The predicted molar refractivity (Wildman–Crippen MR) is 81.9 cm³/mol. The highest BCUT2D eigenvalue weighted by molar-refractivity contribution is 5.75. The number of amides is 2. The van der Waals surface area contributed by atoms with Gasteiger partial charge in [0.15, 0.2) is 0 Å². The quantitative estimate of drug-likeness (QED) is 0.927. The molecule has 2 amide bonds. The second-order valence-corrected chi connectivity index (χ2v) is 6.58. The molecule has 5 nitrogen and oxygen atoms in total. The first-order chi connectivity index (χ1) is 10.2. The summed E-state index contributed by atoms with van der Waals surface area (Å²) in [5, 5.41) is 3.08. The van der Waals surface area contributed by atoms with Gasteiger partial charge in [-0.3, -0.25) is 0 Å². The highest BCUT2D eigenvalue weighted by atomic mass is 16.2. The third-order valence-electron chi connectivity index (χ3n) is 5.20. The Morgan fingerprint density at radius 3 is 3.00 bits per heavy atom.